The number of nitrogens with zero attached hydrogens (tertiary/aromatic N) is 3. The highest BCUT2D eigenvalue weighted by Gasteiger charge is 2.33. The van der Waals surface area contributed by atoms with Crippen LogP contribution in [0.15, 0.2) is 35.2 Å². The summed E-state index contributed by atoms with van der Waals surface area (Å²) in [6, 6.07) is 4.69. The van der Waals surface area contributed by atoms with E-state index >= 15 is 0 Å². The third-order valence-electron chi connectivity index (χ3n) is 5.49. The highest BCUT2D eigenvalue weighted by Crippen LogP contribution is 2.31. The van der Waals surface area contributed by atoms with Crippen molar-refractivity contribution in [1.82, 2.24) is 20.1 Å². The van der Waals surface area contributed by atoms with E-state index in [1.165, 1.54) is 0 Å². The van der Waals surface area contributed by atoms with Crippen molar-refractivity contribution in [3.05, 3.63) is 40.9 Å². The summed E-state index contributed by atoms with van der Waals surface area (Å²) in [5.41, 5.74) is 1.07. The van der Waals surface area contributed by atoms with E-state index in [0.717, 1.165) is 25.7 Å². The van der Waals surface area contributed by atoms with Gasteiger partial charge in [0, 0.05) is 12.2 Å². The minimum atomic E-state index is -0.603. The first-order valence-electron chi connectivity index (χ1n) is 10.1. The number of amides is 2. The van der Waals surface area contributed by atoms with Crippen LogP contribution in [-0.4, -0.2) is 32.6 Å². The van der Waals surface area contributed by atoms with Gasteiger partial charge in [-0.1, -0.05) is 19.8 Å². The number of pyridine rings is 1. The fourth-order valence-electron chi connectivity index (χ4n) is 3.81. The number of carbonyl (C=O) groups excluding carboxylic acids is 2. The molecule has 1 fully saturated rings. The predicted molar refractivity (Wildman–Crippen MR) is 116 cm³/mol. The number of anilines is 1. The lowest BCUT2D eigenvalue weighted by molar-refractivity contribution is -0.119. The third kappa shape index (κ3) is 5.44. The molecule has 0 spiro atoms. The number of nitrogens with one attached hydrogen (secondary N) is 2. The first-order chi connectivity index (χ1) is 13.8. The molecular formula is C21H28BrN5O2. The Morgan fingerprint density at radius 3 is 2.52 bits per heavy atom. The standard InChI is InChI=1S/C21H28BrN5O2/c1-13(2)27-17(10-11-24-27)20(28)26-19(15-6-4-14(3)5-7-15)21(29)25-16-8-9-18(22)23-12-16/h8-15,19H,4-7H2,1-3H3,(H,25,29)(H,26,28)/t14-,15-,19-/m0/s1. The molecular weight excluding hydrogens is 434 g/mol. The second-order valence-corrected chi connectivity index (χ2v) is 8.90. The lowest BCUT2D eigenvalue weighted by Crippen LogP contribution is -2.49. The monoisotopic (exact) mass is 461 g/mol. The van der Waals surface area contributed by atoms with Crippen LogP contribution >= 0.6 is 15.9 Å². The molecule has 2 heterocycles. The Labute approximate surface area is 179 Å². The average molecular weight is 462 g/mol. The van der Waals surface area contributed by atoms with Gasteiger partial charge in [0.1, 0.15) is 16.3 Å². The average Bonchev–Trinajstić information content (AvgIpc) is 3.19. The number of hydrogen-bond donors (Lipinski definition) is 2. The molecule has 2 N–H and O–H groups in total. The molecule has 29 heavy (non-hydrogen) atoms. The van der Waals surface area contributed by atoms with Gasteiger partial charge in [-0.05, 0) is 72.7 Å². The van der Waals surface area contributed by atoms with E-state index in [1.54, 1.807) is 35.3 Å². The van der Waals surface area contributed by atoms with E-state index in [0.29, 0.717) is 21.9 Å². The van der Waals surface area contributed by atoms with Crippen LogP contribution < -0.4 is 10.6 Å². The predicted octanol–water partition coefficient (Wildman–Crippen LogP) is 4.18. The van der Waals surface area contributed by atoms with E-state index in [2.05, 4.69) is 43.6 Å². The maximum atomic E-state index is 13.1. The van der Waals surface area contributed by atoms with Crippen LogP contribution in [0.4, 0.5) is 5.69 Å². The van der Waals surface area contributed by atoms with E-state index in [-0.39, 0.29) is 23.8 Å². The smallest absolute Gasteiger partial charge is 0.270 e. The van der Waals surface area contributed by atoms with Gasteiger partial charge in [0.25, 0.3) is 5.91 Å². The van der Waals surface area contributed by atoms with Crippen molar-refractivity contribution in [3.63, 3.8) is 0 Å². The second-order valence-electron chi connectivity index (χ2n) is 8.08. The fourth-order valence-corrected chi connectivity index (χ4v) is 4.04. The number of hydrogen-bond acceptors (Lipinski definition) is 4. The topological polar surface area (TPSA) is 88.9 Å². The van der Waals surface area contributed by atoms with Crippen molar-refractivity contribution in [2.75, 3.05) is 5.32 Å². The molecule has 0 aliphatic heterocycles. The molecule has 1 atom stereocenters. The number of carbonyl (C=O) groups is 2. The van der Waals surface area contributed by atoms with Crippen LogP contribution in [0.3, 0.4) is 0 Å². The van der Waals surface area contributed by atoms with Gasteiger partial charge < -0.3 is 10.6 Å². The van der Waals surface area contributed by atoms with Gasteiger partial charge in [-0.15, -0.1) is 0 Å². The van der Waals surface area contributed by atoms with Crippen molar-refractivity contribution >= 4 is 33.4 Å². The van der Waals surface area contributed by atoms with E-state index < -0.39 is 6.04 Å². The third-order valence-corrected chi connectivity index (χ3v) is 5.96. The molecule has 1 aliphatic carbocycles. The maximum Gasteiger partial charge on any atom is 0.270 e. The van der Waals surface area contributed by atoms with Crippen molar-refractivity contribution in [3.8, 4) is 0 Å². The van der Waals surface area contributed by atoms with Crippen LogP contribution in [0, 0.1) is 11.8 Å². The first-order valence-corrected chi connectivity index (χ1v) is 10.9. The van der Waals surface area contributed by atoms with Gasteiger partial charge in [-0.25, -0.2) is 4.98 Å². The molecule has 0 saturated heterocycles. The number of aromatic nitrogens is 3. The van der Waals surface area contributed by atoms with Crippen LogP contribution in [0.5, 0.6) is 0 Å². The molecule has 0 aromatic carbocycles. The summed E-state index contributed by atoms with van der Waals surface area (Å²) < 4.78 is 2.37. The molecule has 1 saturated carbocycles. The van der Waals surface area contributed by atoms with Crippen LogP contribution in [0.1, 0.15) is 63.0 Å². The summed E-state index contributed by atoms with van der Waals surface area (Å²) in [5, 5.41) is 10.1. The number of halogens is 1. The zero-order valence-corrected chi connectivity index (χ0v) is 18.6. The highest BCUT2D eigenvalue weighted by atomic mass is 79.9. The van der Waals surface area contributed by atoms with E-state index in [9.17, 15) is 9.59 Å². The van der Waals surface area contributed by atoms with Crippen LogP contribution in [0.25, 0.3) is 0 Å². The Bertz CT molecular complexity index is 841. The highest BCUT2D eigenvalue weighted by molar-refractivity contribution is 9.10. The quantitative estimate of drug-likeness (QED) is 0.631. The van der Waals surface area contributed by atoms with Gasteiger partial charge in [-0.3, -0.25) is 14.3 Å². The maximum absolute atomic E-state index is 13.1. The Kier molecular flexibility index (Phi) is 7.05. The Morgan fingerprint density at radius 1 is 1.17 bits per heavy atom. The van der Waals surface area contributed by atoms with Gasteiger partial charge in [-0.2, -0.15) is 5.10 Å². The lowest BCUT2D eigenvalue weighted by Gasteiger charge is -2.32. The summed E-state index contributed by atoms with van der Waals surface area (Å²) in [4.78, 5) is 30.2. The first kappa shape index (κ1) is 21.5. The minimum Gasteiger partial charge on any atom is -0.339 e. The molecule has 156 valence electrons. The Balaban J connectivity index is 1.78. The molecule has 8 heteroatoms. The summed E-state index contributed by atoms with van der Waals surface area (Å²) >= 11 is 3.29. The summed E-state index contributed by atoms with van der Waals surface area (Å²) in [5.74, 6) is 0.277. The van der Waals surface area contributed by atoms with Crippen molar-refractivity contribution in [1.29, 1.82) is 0 Å². The summed E-state index contributed by atoms with van der Waals surface area (Å²) in [7, 11) is 0. The zero-order chi connectivity index (χ0) is 21.0. The minimum absolute atomic E-state index is 0.0578. The normalized spacial score (nSPS) is 20.3. The Morgan fingerprint density at radius 2 is 1.90 bits per heavy atom. The van der Waals surface area contributed by atoms with Crippen LogP contribution in [0.2, 0.25) is 0 Å². The molecule has 1 aliphatic rings. The second kappa shape index (κ2) is 9.52. The lowest BCUT2D eigenvalue weighted by atomic mass is 9.79. The largest absolute Gasteiger partial charge is 0.339 e. The number of rotatable bonds is 6. The van der Waals surface area contributed by atoms with Gasteiger partial charge in [0.15, 0.2) is 0 Å². The molecule has 2 aromatic rings. The molecule has 0 radical (unpaired) electrons. The van der Waals surface area contributed by atoms with E-state index in [4.69, 9.17) is 0 Å². The van der Waals surface area contributed by atoms with Gasteiger partial charge in [0.05, 0.1) is 11.9 Å². The van der Waals surface area contributed by atoms with Gasteiger partial charge in [0.2, 0.25) is 5.91 Å². The molecule has 3 rings (SSSR count). The molecule has 2 amide bonds. The van der Waals surface area contributed by atoms with Gasteiger partial charge >= 0.3 is 0 Å². The van der Waals surface area contributed by atoms with Crippen molar-refractivity contribution in [2.45, 2.75) is 58.5 Å². The zero-order valence-electron chi connectivity index (χ0n) is 17.1. The van der Waals surface area contributed by atoms with Crippen molar-refractivity contribution in [2.24, 2.45) is 11.8 Å². The molecule has 0 unspecified atom stereocenters. The summed E-state index contributed by atoms with van der Waals surface area (Å²) in [6.07, 6.45) is 7.17. The van der Waals surface area contributed by atoms with Crippen LogP contribution in [-0.2, 0) is 4.79 Å². The molecule has 7 nitrogen and oxygen atoms in total. The van der Waals surface area contributed by atoms with Crippen molar-refractivity contribution < 1.29 is 9.59 Å². The summed E-state index contributed by atoms with van der Waals surface area (Å²) in [6.45, 7) is 6.17. The SMILES string of the molecule is CC(C)n1nccc1C(=O)N[C@H](C(=O)Nc1ccc(Br)nc1)[C@H]1CC[C@H](C)CC1. The molecule has 2 aromatic heterocycles. The fraction of sp³-hybridized carbons (Fsp3) is 0.524. The Hall–Kier alpha value is -2.22. The van der Waals surface area contributed by atoms with E-state index in [1.807, 2.05) is 13.8 Å². The molecule has 0 bridgehead atoms.